The van der Waals surface area contributed by atoms with E-state index in [2.05, 4.69) is 9.88 Å². The number of likely N-dealkylation sites (tertiary alicyclic amines) is 3. The number of anilines is 1. The first-order chi connectivity index (χ1) is 19.6. The molecule has 2 unspecified atom stereocenters. The van der Waals surface area contributed by atoms with E-state index >= 15 is 0 Å². The minimum atomic E-state index is -0.0903. The summed E-state index contributed by atoms with van der Waals surface area (Å²) >= 11 is 6.46. The third-order valence-electron chi connectivity index (χ3n) is 9.29. The maximum Gasteiger partial charge on any atom is 0.255 e. The molecule has 1 aromatic heterocycles. The predicted octanol–water partition coefficient (Wildman–Crippen LogP) is 4.35. The first-order valence-corrected chi connectivity index (χ1v) is 15.3. The van der Waals surface area contributed by atoms with Crippen LogP contribution in [0.5, 0.6) is 0 Å². The fourth-order valence-electron chi connectivity index (χ4n) is 6.84. The summed E-state index contributed by atoms with van der Waals surface area (Å²) < 4.78 is 0. The van der Waals surface area contributed by atoms with Crippen molar-refractivity contribution in [3.63, 3.8) is 0 Å². The molecule has 4 heterocycles. The van der Waals surface area contributed by atoms with Gasteiger partial charge in [0.1, 0.15) is 0 Å². The molecule has 0 saturated carbocycles. The maximum absolute atomic E-state index is 13.7. The van der Waals surface area contributed by atoms with Crippen LogP contribution in [-0.2, 0) is 9.59 Å². The smallest absolute Gasteiger partial charge is 0.255 e. The summed E-state index contributed by atoms with van der Waals surface area (Å²) in [4.78, 5) is 51.4. The van der Waals surface area contributed by atoms with Crippen molar-refractivity contribution in [3.8, 4) is 0 Å². The van der Waals surface area contributed by atoms with Gasteiger partial charge in [-0.15, -0.1) is 0 Å². The Balaban J connectivity index is 1.17. The molecule has 5 rings (SSSR count). The zero-order valence-electron chi connectivity index (χ0n) is 24.7. The number of carbonyl (C=O) groups is 3. The number of benzene rings is 1. The van der Waals surface area contributed by atoms with Crippen molar-refractivity contribution >= 4 is 35.0 Å². The molecule has 8 nitrogen and oxygen atoms in total. The van der Waals surface area contributed by atoms with E-state index in [0.29, 0.717) is 49.3 Å². The van der Waals surface area contributed by atoms with E-state index in [1.54, 1.807) is 13.1 Å². The molecular formula is C32H42ClN5O3. The number of hydrogen-bond acceptors (Lipinski definition) is 5. The summed E-state index contributed by atoms with van der Waals surface area (Å²) in [6, 6.07) is 7.77. The Hall–Kier alpha value is -2.97. The Morgan fingerprint density at radius 3 is 2.24 bits per heavy atom. The van der Waals surface area contributed by atoms with Gasteiger partial charge in [0.25, 0.3) is 5.91 Å². The van der Waals surface area contributed by atoms with Gasteiger partial charge < -0.3 is 19.6 Å². The van der Waals surface area contributed by atoms with Crippen LogP contribution in [0.25, 0.3) is 0 Å². The minimum absolute atomic E-state index is 0.0724. The number of carbonyl (C=O) groups excluding carboxylic acids is 3. The van der Waals surface area contributed by atoms with Gasteiger partial charge in [0.15, 0.2) is 0 Å². The number of hydrogen-bond donors (Lipinski definition) is 0. The Morgan fingerprint density at radius 1 is 0.951 bits per heavy atom. The number of fused-ring (bicyclic) bond motifs is 1. The summed E-state index contributed by atoms with van der Waals surface area (Å²) in [6.07, 6.45) is 4.01. The first-order valence-electron chi connectivity index (χ1n) is 14.9. The van der Waals surface area contributed by atoms with Crippen LogP contribution in [0.4, 0.5) is 5.69 Å². The molecule has 3 saturated heterocycles. The Labute approximate surface area is 248 Å². The van der Waals surface area contributed by atoms with E-state index in [1.165, 1.54) is 0 Å². The van der Waals surface area contributed by atoms with Crippen molar-refractivity contribution in [1.29, 1.82) is 0 Å². The largest absolute Gasteiger partial charge is 0.343 e. The zero-order chi connectivity index (χ0) is 29.3. The van der Waals surface area contributed by atoms with Crippen LogP contribution < -0.4 is 4.90 Å². The van der Waals surface area contributed by atoms with Crippen LogP contribution in [0.1, 0.15) is 53.4 Å². The van der Waals surface area contributed by atoms with E-state index in [-0.39, 0.29) is 23.6 Å². The fraction of sp³-hybridized carbons (Fsp3) is 0.562. The lowest BCUT2D eigenvalue weighted by atomic mass is 9.94. The van der Waals surface area contributed by atoms with Crippen LogP contribution in [0.15, 0.2) is 30.5 Å². The van der Waals surface area contributed by atoms with Gasteiger partial charge in [0, 0.05) is 75.6 Å². The van der Waals surface area contributed by atoms with E-state index in [0.717, 1.165) is 67.2 Å². The molecule has 2 atom stereocenters. The standard InChI is InChI=1S/C32H42ClN5O3/c1-21-6-7-28(16-29(21)33)38(31(40)25-9-14-36(15-10-25)24(4)39)13-5-12-35-17-26-19-37(20-27(26)18-35)32(41)30-22(2)8-11-34-23(30)3/h6-8,11,16,25-27H,5,9-10,12-15,17-20H2,1-4H3. The molecule has 41 heavy (non-hydrogen) atoms. The van der Waals surface area contributed by atoms with E-state index in [1.807, 2.05) is 59.7 Å². The Morgan fingerprint density at radius 2 is 1.63 bits per heavy atom. The lowest BCUT2D eigenvalue weighted by molar-refractivity contribution is -0.133. The number of nitrogens with zero attached hydrogens (tertiary/aromatic N) is 5. The van der Waals surface area contributed by atoms with Crippen molar-refractivity contribution in [2.24, 2.45) is 17.8 Å². The molecule has 0 bridgehead atoms. The van der Waals surface area contributed by atoms with Gasteiger partial charge in [-0.25, -0.2) is 0 Å². The second-order valence-corrected chi connectivity index (χ2v) is 12.5. The lowest BCUT2D eigenvalue weighted by Crippen LogP contribution is -2.44. The summed E-state index contributed by atoms with van der Waals surface area (Å²) in [5, 5.41) is 0.662. The van der Waals surface area contributed by atoms with Crippen molar-refractivity contribution < 1.29 is 14.4 Å². The highest BCUT2D eigenvalue weighted by Gasteiger charge is 2.42. The molecule has 0 radical (unpaired) electrons. The van der Waals surface area contributed by atoms with Gasteiger partial charge in [0.2, 0.25) is 11.8 Å². The second-order valence-electron chi connectivity index (χ2n) is 12.1. The molecular weight excluding hydrogens is 538 g/mol. The van der Waals surface area contributed by atoms with Gasteiger partial charge in [-0.2, -0.15) is 0 Å². The number of aromatic nitrogens is 1. The van der Waals surface area contributed by atoms with E-state index in [9.17, 15) is 14.4 Å². The van der Waals surface area contributed by atoms with Crippen LogP contribution in [0.2, 0.25) is 5.02 Å². The molecule has 0 spiro atoms. The van der Waals surface area contributed by atoms with Gasteiger partial charge in [-0.1, -0.05) is 17.7 Å². The number of rotatable bonds is 7. The highest BCUT2D eigenvalue weighted by atomic mass is 35.5. The molecule has 3 aliphatic rings. The lowest BCUT2D eigenvalue weighted by Gasteiger charge is -2.34. The van der Waals surface area contributed by atoms with Crippen molar-refractivity contribution in [3.05, 3.63) is 57.9 Å². The quantitative estimate of drug-likeness (QED) is 0.487. The molecule has 0 aliphatic carbocycles. The minimum Gasteiger partial charge on any atom is -0.343 e. The highest BCUT2D eigenvalue weighted by molar-refractivity contribution is 6.31. The molecule has 0 N–H and O–H groups in total. The average Bonchev–Trinajstić information content (AvgIpc) is 3.51. The zero-order valence-corrected chi connectivity index (χ0v) is 25.5. The van der Waals surface area contributed by atoms with Gasteiger partial charge in [-0.05, 0) is 87.7 Å². The van der Waals surface area contributed by atoms with E-state index < -0.39 is 0 Å². The normalized spacial score (nSPS) is 21.3. The van der Waals surface area contributed by atoms with Crippen LogP contribution >= 0.6 is 11.6 Å². The van der Waals surface area contributed by atoms with Crippen molar-refractivity contribution in [2.45, 2.75) is 47.0 Å². The number of aryl methyl sites for hydroxylation is 3. The summed E-state index contributed by atoms with van der Waals surface area (Å²) in [5.74, 6) is 1.18. The molecule has 9 heteroatoms. The monoisotopic (exact) mass is 579 g/mol. The van der Waals surface area contributed by atoms with Crippen LogP contribution in [0.3, 0.4) is 0 Å². The Bertz CT molecular complexity index is 1270. The fourth-order valence-corrected chi connectivity index (χ4v) is 7.02. The SMILES string of the molecule is CC(=O)N1CCC(C(=O)N(CCCN2CC3CN(C(=O)c4c(C)ccnc4C)CC3C2)c2ccc(C)c(Cl)c2)CC1. The van der Waals surface area contributed by atoms with Crippen LogP contribution in [0, 0.1) is 38.5 Å². The topological polar surface area (TPSA) is 77.1 Å². The van der Waals surface area contributed by atoms with E-state index in [4.69, 9.17) is 11.6 Å². The summed E-state index contributed by atoms with van der Waals surface area (Å²) in [6.45, 7) is 13.8. The number of piperidine rings is 1. The third-order valence-corrected chi connectivity index (χ3v) is 9.70. The second kappa shape index (κ2) is 12.5. The number of pyridine rings is 1. The molecule has 3 fully saturated rings. The van der Waals surface area contributed by atoms with Gasteiger partial charge in [-0.3, -0.25) is 19.4 Å². The Kier molecular flexibility index (Phi) is 9.00. The number of amides is 3. The van der Waals surface area contributed by atoms with Gasteiger partial charge in [0.05, 0.1) is 11.3 Å². The molecule has 1 aromatic carbocycles. The van der Waals surface area contributed by atoms with Crippen molar-refractivity contribution in [1.82, 2.24) is 19.7 Å². The molecule has 3 aliphatic heterocycles. The van der Waals surface area contributed by atoms with Gasteiger partial charge >= 0.3 is 0 Å². The molecule has 2 aromatic rings. The molecule has 3 amide bonds. The number of halogens is 1. The average molecular weight is 580 g/mol. The highest BCUT2D eigenvalue weighted by Crippen LogP contribution is 2.33. The molecule has 220 valence electrons. The van der Waals surface area contributed by atoms with Crippen LogP contribution in [-0.4, -0.2) is 89.8 Å². The summed E-state index contributed by atoms with van der Waals surface area (Å²) in [7, 11) is 0. The maximum atomic E-state index is 13.7. The third kappa shape index (κ3) is 6.44. The predicted molar refractivity (Wildman–Crippen MR) is 161 cm³/mol. The first kappa shape index (κ1) is 29.5. The van der Waals surface area contributed by atoms with Crippen molar-refractivity contribution in [2.75, 3.05) is 57.3 Å². The summed E-state index contributed by atoms with van der Waals surface area (Å²) in [5.41, 5.74) is 4.36.